The molecule has 0 fully saturated rings. The maximum absolute atomic E-state index is 13.5. The van der Waals surface area contributed by atoms with Crippen molar-refractivity contribution in [3.63, 3.8) is 0 Å². The fraction of sp³-hybridized carbons (Fsp3) is 0.300. The van der Waals surface area contributed by atoms with Crippen LogP contribution >= 0.6 is 0 Å². The molecule has 24 heteroatoms. The molecular weight excluding hydrogens is 1100 g/mol. The quantitative estimate of drug-likeness (QED) is 0.0747. The van der Waals surface area contributed by atoms with Gasteiger partial charge in [-0.05, 0) is 136 Å². The normalized spacial score (nSPS) is 12.5. The van der Waals surface area contributed by atoms with Gasteiger partial charge in [-0.1, -0.05) is 60.7 Å². The van der Waals surface area contributed by atoms with E-state index in [0.29, 0.717) is 44.8 Å². The van der Waals surface area contributed by atoms with Crippen LogP contribution in [0.3, 0.4) is 0 Å². The molecule has 0 aliphatic rings. The molecule has 4 aromatic carbocycles. The molecule has 18 nitrogen and oxygen atoms in total. The summed E-state index contributed by atoms with van der Waals surface area (Å²) >= 11 is 0. The molecule has 0 aliphatic heterocycles. The number of carbonyl (C=O) groups is 4. The Kier molecular flexibility index (Phi) is 19.1. The van der Waals surface area contributed by atoms with Crippen molar-refractivity contribution < 1.29 is 55.0 Å². The number of hydrogen-bond donors (Lipinski definition) is 4. The van der Waals surface area contributed by atoms with Crippen LogP contribution in [0.15, 0.2) is 135 Å². The number of nitrogens with zero attached hydrogens (tertiary/aromatic N) is 8. The van der Waals surface area contributed by atoms with E-state index in [0.717, 1.165) is 46.5 Å². The smallest absolute Gasteiger partial charge is 0.416 e. The zero-order valence-corrected chi connectivity index (χ0v) is 47.6. The highest BCUT2D eigenvalue weighted by Crippen LogP contribution is 2.37. The first-order chi connectivity index (χ1) is 39.4. The average molecular weight is 1160 g/mol. The van der Waals surface area contributed by atoms with Gasteiger partial charge in [0, 0.05) is 50.7 Å². The highest BCUT2D eigenvalue weighted by atomic mass is 19.4. The zero-order valence-electron chi connectivity index (χ0n) is 47.6. The summed E-state index contributed by atoms with van der Waals surface area (Å²) in [6.07, 6.45) is -0.994. The summed E-state index contributed by atoms with van der Waals surface area (Å²) in [6.45, 7) is 13.8. The van der Waals surface area contributed by atoms with Crippen molar-refractivity contribution >= 4 is 24.0 Å². The number of amides is 4. The Morgan fingerprint density at radius 3 is 1.17 bits per heavy atom. The van der Waals surface area contributed by atoms with E-state index < -0.39 is 70.8 Å². The molecule has 8 aromatic rings. The van der Waals surface area contributed by atoms with Crippen molar-refractivity contribution in [2.75, 3.05) is 0 Å². The van der Waals surface area contributed by atoms with E-state index in [-0.39, 0.29) is 24.5 Å². The number of halogens is 6. The Balaban J connectivity index is 0.000000241. The van der Waals surface area contributed by atoms with E-state index in [1.165, 1.54) is 24.8 Å². The van der Waals surface area contributed by atoms with E-state index in [1.54, 1.807) is 164 Å². The Labute approximate surface area is 480 Å². The van der Waals surface area contributed by atoms with E-state index >= 15 is 0 Å². The maximum Gasteiger partial charge on any atom is 0.416 e. The number of ether oxygens (including phenoxy) is 2. The molecule has 0 bridgehead atoms. The maximum atomic E-state index is 13.5. The van der Waals surface area contributed by atoms with Gasteiger partial charge in [0.05, 0.1) is 47.0 Å². The summed E-state index contributed by atoms with van der Waals surface area (Å²) in [7, 11) is 3.56. The lowest BCUT2D eigenvalue weighted by Crippen LogP contribution is -2.32. The van der Waals surface area contributed by atoms with Crippen LogP contribution in [0, 0.1) is 0 Å². The molecule has 0 unspecified atom stereocenters. The largest absolute Gasteiger partial charge is 0.444 e. The Hall–Kier alpha value is -9.48. The number of hydrogen-bond acceptors (Lipinski definition) is 12. The summed E-state index contributed by atoms with van der Waals surface area (Å²) < 4.78 is 94.9. The van der Waals surface area contributed by atoms with Crippen molar-refractivity contribution in [1.82, 2.24) is 60.8 Å². The summed E-state index contributed by atoms with van der Waals surface area (Å²) in [5.41, 5.74) is 3.99. The number of aryl methyl sites for hydroxylation is 2. The second kappa shape index (κ2) is 25.8. The predicted octanol–water partition coefficient (Wildman–Crippen LogP) is 12.2. The number of benzene rings is 4. The van der Waals surface area contributed by atoms with Crippen LogP contribution in [0.4, 0.5) is 35.9 Å². The molecule has 0 saturated carbocycles. The summed E-state index contributed by atoms with van der Waals surface area (Å²) in [4.78, 5) is 66.7. The van der Waals surface area contributed by atoms with Crippen LogP contribution in [0.25, 0.3) is 44.8 Å². The van der Waals surface area contributed by atoms with Crippen LogP contribution in [0.5, 0.6) is 0 Å². The molecule has 440 valence electrons. The van der Waals surface area contributed by atoms with Crippen LogP contribution in [-0.4, -0.2) is 74.7 Å². The number of carbonyl (C=O) groups excluding carboxylic acids is 4. The van der Waals surface area contributed by atoms with Gasteiger partial charge in [0.15, 0.2) is 0 Å². The summed E-state index contributed by atoms with van der Waals surface area (Å²) in [5.74, 6) is -0.819. The predicted molar refractivity (Wildman–Crippen MR) is 300 cm³/mol. The number of alkyl halides is 6. The minimum atomic E-state index is -4.54. The lowest BCUT2D eigenvalue weighted by Gasteiger charge is -2.20. The highest BCUT2D eigenvalue weighted by molar-refractivity contribution is 5.94. The third-order valence-corrected chi connectivity index (χ3v) is 12.5. The Bertz CT molecular complexity index is 3390. The van der Waals surface area contributed by atoms with Crippen molar-refractivity contribution in [2.24, 2.45) is 14.1 Å². The highest BCUT2D eigenvalue weighted by Gasteiger charge is 2.33. The van der Waals surface area contributed by atoms with Gasteiger partial charge >= 0.3 is 24.5 Å². The average Bonchev–Trinajstić information content (AvgIpc) is 4.22. The molecule has 0 aliphatic carbocycles. The Morgan fingerprint density at radius 1 is 0.500 bits per heavy atom. The van der Waals surface area contributed by atoms with Crippen LogP contribution < -0.4 is 21.3 Å². The third-order valence-electron chi connectivity index (χ3n) is 12.5. The fourth-order valence-corrected chi connectivity index (χ4v) is 8.31. The number of nitrogens with one attached hydrogen (secondary N) is 4. The van der Waals surface area contributed by atoms with Gasteiger partial charge in [-0.3, -0.25) is 19.0 Å². The monoisotopic (exact) mass is 1160 g/mol. The molecule has 0 spiro atoms. The van der Waals surface area contributed by atoms with Gasteiger partial charge in [-0.15, -0.1) is 0 Å². The zero-order chi connectivity index (χ0) is 61.3. The van der Waals surface area contributed by atoms with Crippen molar-refractivity contribution in [3.8, 4) is 44.8 Å². The van der Waals surface area contributed by atoms with Crippen LogP contribution in [0.1, 0.15) is 122 Å². The molecule has 2 atom stereocenters. The van der Waals surface area contributed by atoms with Gasteiger partial charge < -0.3 is 30.7 Å². The number of alkyl carbamates (subject to hydrolysis) is 2. The number of rotatable bonds is 14. The van der Waals surface area contributed by atoms with Crippen LogP contribution in [-0.2, 0) is 49.0 Å². The molecule has 4 heterocycles. The van der Waals surface area contributed by atoms with E-state index in [4.69, 9.17) is 9.47 Å². The second-order valence-corrected chi connectivity index (χ2v) is 21.5. The fourth-order valence-electron chi connectivity index (χ4n) is 8.31. The molecule has 4 amide bonds. The van der Waals surface area contributed by atoms with Crippen molar-refractivity contribution in [1.29, 1.82) is 0 Å². The topological polar surface area (TPSA) is 222 Å². The molecule has 0 saturated heterocycles. The second-order valence-electron chi connectivity index (χ2n) is 21.5. The first kappa shape index (κ1) is 62.1. The van der Waals surface area contributed by atoms with Gasteiger partial charge in [0.1, 0.15) is 35.2 Å². The van der Waals surface area contributed by atoms with Crippen molar-refractivity contribution in [3.05, 3.63) is 179 Å². The summed E-state index contributed by atoms with van der Waals surface area (Å²) in [5, 5.41) is 19.2. The van der Waals surface area contributed by atoms with Crippen molar-refractivity contribution in [2.45, 2.75) is 104 Å². The number of aromatic nitrogens is 8. The molecule has 4 aromatic heterocycles. The van der Waals surface area contributed by atoms with Gasteiger partial charge in [0.25, 0.3) is 11.8 Å². The summed E-state index contributed by atoms with van der Waals surface area (Å²) in [6, 6.07) is 22.7. The Morgan fingerprint density at radius 2 is 0.857 bits per heavy atom. The van der Waals surface area contributed by atoms with Gasteiger partial charge in [-0.25, -0.2) is 29.5 Å². The third kappa shape index (κ3) is 17.3. The first-order valence-corrected chi connectivity index (χ1v) is 26.2. The lowest BCUT2D eigenvalue weighted by molar-refractivity contribution is -0.138. The molecule has 4 N–H and O–H groups in total. The SMILES string of the molecule is C[C@@H](NC(=O)c1cc(-c2cnn(C)c2)ncn1)c1ccc(-c2cc(C(F)(F)F)ccc2CNC(=O)OC(C)(C)C)cc1.C[C@@H](NC(=O)c1cc(-c2cnn(C)c2)ncn1)c1ccc(-c2cc(C(F)(F)F)ccc2CNC(=O)OC(C)(C)C)cc1. The van der Waals surface area contributed by atoms with E-state index in [2.05, 4.69) is 51.4 Å². The molecule has 8 rings (SSSR count). The van der Waals surface area contributed by atoms with E-state index in [1.807, 2.05) is 0 Å². The molecular formula is C60H62F6N12O6. The van der Waals surface area contributed by atoms with Crippen LogP contribution in [0.2, 0.25) is 0 Å². The minimum Gasteiger partial charge on any atom is -0.444 e. The molecule has 0 radical (unpaired) electrons. The lowest BCUT2D eigenvalue weighted by atomic mass is 9.95. The molecule has 84 heavy (non-hydrogen) atoms. The standard InChI is InChI=1S/2C30H31F3N6O3/c2*1-18(38-27(40)26-13-25(35-17-36-26)22-15-37-39(5)16-22)19-6-8-20(9-7-19)24-12-23(30(31,32)33)11-10-21(24)14-34-28(41)42-29(2,3)4/h2*6-13,15-18H,14H2,1-5H3,(H,34,41)(H,38,40)/t2*18-/m11/s1. The van der Waals surface area contributed by atoms with E-state index in [9.17, 15) is 45.5 Å². The van der Waals surface area contributed by atoms with Gasteiger partial charge in [0.2, 0.25) is 0 Å². The minimum absolute atomic E-state index is 0.0312. The first-order valence-electron chi connectivity index (χ1n) is 26.2. The van der Waals surface area contributed by atoms with Gasteiger partial charge in [-0.2, -0.15) is 36.5 Å².